The molecular weight excluding hydrogens is 330 g/mol. The summed E-state index contributed by atoms with van der Waals surface area (Å²) in [5.74, 6) is -3.28. The zero-order valence-corrected chi connectivity index (χ0v) is 12.6. The summed E-state index contributed by atoms with van der Waals surface area (Å²) in [5, 5.41) is 2.81. The molecule has 0 saturated carbocycles. The number of halogens is 3. The quantitative estimate of drug-likeness (QED) is 0.868. The minimum atomic E-state index is -1.19. The maximum atomic E-state index is 13.1. The summed E-state index contributed by atoms with van der Waals surface area (Å²) in [6, 6.07) is 5.25. The van der Waals surface area contributed by atoms with Gasteiger partial charge in [-0.05, 0) is 31.2 Å². The van der Waals surface area contributed by atoms with Crippen LogP contribution in [0.15, 0.2) is 36.5 Å². The Hall–Kier alpha value is -2.54. The summed E-state index contributed by atoms with van der Waals surface area (Å²) in [4.78, 5) is 27.5. The molecule has 5 nitrogen and oxygen atoms in total. The third-order valence-corrected chi connectivity index (χ3v) is 2.95. The molecule has 0 aliphatic carbocycles. The molecule has 2 aromatic rings. The van der Waals surface area contributed by atoms with Gasteiger partial charge in [0.05, 0.1) is 10.6 Å². The number of amides is 1. The van der Waals surface area contributed by atoms with Crippen LogP contribution in [0.5, 0.6) is 0 Å². The molecule has 1 N–H and O–H groups in total. The number of carbonyl (C=O) groups is 2. The van der Waals surface area contributed by atoms with Gasteiger partial charge in [0, 0.05) is 12.3 Å². The van der Waals surface area contributed by atoms with Crippen molar-refractivity contribution in [2.75, 3.05) is 5.32 Å². The van der Waals surface area contributed by atoms with E-state index in [1.165, 1.54) is 25.3 Å². The van der Waals surface area contributed by atoms with Crippen molar-refractivity contribution in [1.29, 1.82) is 0 Å². The molecule has 0 spiro atoms. The van der Waals surface area contributed by atoms with E-state index < -0.39 is 29.6 Å². The predicted molar refractivity (Wildman–Crippen MR) is 79.1 cm³/mol. The van der Waals surface area contributed by atoms with Gasteiger partial charge in [0.1, 0.15) is 17.5 Å². The fourth-order valence-corrected chi connectivity index (χ4v) is 1.74. The number of anilines is 1. The zero-order valence-electron chi connectivity index (χ0n) is 11.8. The van der Waals surface area contributed by atoms with E-state index in [1.807, 2.05) is 0 Å². The highest BCUT2D eigenvalue weighted by Crippen LogP contribution is 2.12. The van der Waals surface area contributed by atoms with Gasteiger partial charge in [-0.1, -0.05) is 11.6 Å². The third-order valence-electron chi connectivity index (χ3n) is 2.73. The predicted octanol–water partition coefficient (Wildman–Crippen LogP) is 3.20. The molecule has 8 heteroatoms. The van der Waals surface area contributed by atoms with Crippen LogP contribution >= 0.6 is 11.6 Å². The van der Waals surface area contributed by atoms with Gasteiger partial charge < -0.3 is 10.1 Å². The minimum absolute atomic E-state index is 0.221. The van der Waals surface area contributed by atoms with E-state index in [-0.39, 0.29) is 11.4 Å². The van der Waals surface area contributed by atoms with Gasteiger partial charge in [0.25, 0.3) is 5.91 Å². The molecule has 23 heavy (non-hydrogen) atoms. The molecule has 2 rings (SSSR count). The SMILES string of the molecule is C[C@@H](OC(=O)c1cc(F)cc(F)c1)C(=O)Nc1ccc(Cl)cn1. The van der Waals surface area contributed by atoms with Crippen LogP contribution < -0.4 is 5.32 Å². The first-order chi connectivity index (χ1) is 10.8. The van der Waals surface area contributed by atoms with E-state index >= 15 is 0 Å². The lowest BCUT2D eigenvalue weighted by Crippen LogP contribution is -2.30. The molecule has 0 unspecified atom stereocenters. The second kappa shape index (κ2) is 7.15. The van der Waals surface area contributed by atoms with E-state index in [9.17, 15) is 18.4 Å². The van der Waals surface area contributed by atoms with E-state index in [0.29, 0.717) is 11.1 Å². The topological polar surface area (TPSA) is 68.3 Å². The molecular formula is C15H11ClF2N2O3. The van der Waals surface area contributed by atoms with Gasteiger partial charge in [-0.3, -0.25) is 4.79 Å². The van der Waals surface area contributed by atoms with Crippen LogP contribution in [0.3, 0.4) is 0 Å². The highest BCUT2D eigenvalue weighted by molar-refractivity contribution is 6.30. The molecule has 120 valence electrons. The number of nitrogens with one attached hydrogen (secondary N) is 1. The number of esters is 1. The third kappa shape index (κ3) is 4.72. The Morgan fingerprint density at radius 2 is 1.87 bits per heavy atom. The Kier molecular flexibility index (Phi) is 5.23. The van der Waals surface area contributed by atoms with Crippen molar-refractivity contribution in [3.05, 3.63) is 58.7 Å². The van der Waals surface area contributed by atoms with Gasteiger partial charge in [0.2, 0.25) is 0 Å². The average molecular weight is 341 g/mol. The first-order valence-electron chi connectivity index (χ1n) is 6.44. The molecule has 1 amide bonds. The first kappa shape index (κ1) is 16.8. The van der Waals surface area contributed by atoms with Gasteiger partial charge in [-0.2, -0.15) is 0 Å². The summed E-state index contributed by atoms with van der Waals surface area (Å²) in [5.41, 5.74) is -0.327. The maximum Gasteiger partial charge on any atom is 0.339 e. The van der Waals surface area contributed by atoms with E-state index in [4.69, 9.17) is 16.3 Å². The molecule has 0 bridgehead atoms. The number of hydrogen-bond donors (Lipinski definition) is 1. The number of benzene rings is 1. The smallest absolute Gasteiger partial charge is 0.339 e. The molecule has 0 saturated heterocycles. The lowest BCUT2D eigenvalue weighted by atomic mass is 10.2. The van der Waals surface area contributed by atoms with Gasteiger partial charge >= 0.3 is 5.97 Å². The number of hydrogen-bond acceptors (Lipinski definition) is 4. The second-order valence-electron chi connectivity index (χ2n) is 4.56. The normalized spacial score (nSPS) is 11.7. The van der Waals surface area contributed by atoms with Crippen molar-refractivity contribution in [2.45, 2.75) is 13.0 Å². The monoisotopic (exact) mass is 340 g/mol. The van der Waals surface area contributed by atoms with Crippen molar-refractivity contribution in [2.24, 2.45) is 0 Å². The summed E-state index contributed by atoms with van der Waals surface area (Å²) in [7, 11) is 0. The van der Waals surface area contributed by atoms with Crippen LogP contribution in [0.2, 0.25) is 5.02 Å². The minimum Gasteiger partial charge on any atom is -0.449 e. The van der Waals surface area contributed by atoms with Crippen molar-refractivity contribution < 1.29 is 23.1 Å². The highest BCUT2D eigenvalue weighted by Gasteiger charge is 2.20. The second-order valence-corrected chi connectivity index (χ2v) is 4.99. The number of nitrogens with zero attached hydrogens (tertiary/aromatic N) is 1. The fraction of sp³-hybridized carbons (Fsp3) is 0.133. The molecule has 0 fully saturated rings. The molecule has 1 aromatic heterocycles. The molecule has 0 aliphatic heterocycles. The number of aromatic nitrogens is 1. The van der Waals surface area contributed by atoms with Crippen molar-refractivity contribution >= 4 is 29.3 Å². The molecule has 1 heterocycles. The van der Waals surface area contributed by atoms with E-state index in [1.54, 1.807) is 0 Å². The number of rotatable bonds is 4. The van der Waals surface area contributed by atoms with Crippen molar-refractivity contribution in [1.82, 2.24) is 4.98 Å². The lowest BCUT2D eigenvalue weighted by molar-refractivity contribution is -0.123. The Labute approximate surface area is 135 Å². The zero-order chi connectivity index (χ0) is 17.0. The summed E-state index contributed by atoms with van der Waals surface area (Å²) in [6.45, 7) is 1.32. The highest BCUT2D eigenvalue weighted by atomic mass is 35.5. The van der Waals surface area contributed by atoms with Crippen LogP contribution in [0.4, 0.5) is 14.6 Å². The van der Waals surface area contributed by atoms with Crippen LogP contribution in [0.25, 0.3) is 0 Å². The largest absolute Gasteiger partial charge is 0.449 e. The van der Waals surface area contributed by atoms with Crippen molar-refractivity contribution in [3.8, 4) is 0 Å². The van der Waals surface area contributed by atoms with E-state index in [2.05, 4.69) is 10.3 Å². The number of ether oxygens (including phenoxy) is 1. The average Bonchev–Trinajstić information content (AvgIpc) is 2.48. The Morgan fingerprint density at radius 3 is 2.43 bits per heavy atom. The summed E-state index contributed by atoms with van der Waals surface area (Å²) >= 11 is 5.67. The fourth-order valence-electron chi connectivity index (χ4n) is 1.63. The summed E-state index contributed by atoms with van der Waals surface area (Å²) < 4.78 is 31.0. The van der Waals surface area contributed by atoms with Gasteiger partial charge in [0.15, 0.2) is 6.10 Å². The van der Waals surface area contributed by atoms with Crippen LogP contribution in [0.1, 0.15) is 17.3 Å². The van der Waals surface area contributed by atoms with Gasteiger partial charge in [-0.25, -0.2) is 18.6 Å². The summed E-state index contributed by atoms with van der Waals surface area (Å²) in [6.07, 6.45) is 0.148. The molecule has 1 aromatic carbocycles. The Balaban J connectivity index is 1.99. The molecule has 0 aliphatic rings. The number of pyridine rings is 1. The van der Waals surface area contributed by atoms with E-state index in [0.717, 1.165) is 12.1 Å². The van der Waals surface area contributed by atoms with Crippen LogP contribution in [-0.4, -0.2) is 23.0 Å². The number of carbonyl (C=O) groups excluding carboxylic acids is 2. The Bertz CT molecular complexity index is 718. The molecule has 0 radical (unpaired) electrons. The lowest BCUT2D eigenvalue weighted by Gasteiger charge is -2.13. The maximum absolute atomic E-state index is 13.1. The standard InChI is InChI=1S/C15H11ClF2N2O3/c1-8(14(21)20-13-3-2-10(16)7-19-13)23-15(22)9-4-11(17)6-12(18)5-9/h2-8H,1H3,(H,19,20,21)/t8-/m1/s1. The Morgan fingerprint density at radius 1 is 1.22 bits per heavy atom. The van der Waals surface area contributed by atoms with Gasteiger partial charge in [-0.15, -0.1) is 0 Å². The molecule has 1 atom stereocenters. The van der Waals surface area contributed by atoms with Crippen LogP contribution in [-0.2, 0) is 9.53 Å². The van der Waals surface area contributed by atoms with Crippen molar-refractivity contribution in [3.63, 3.8) is 0 Å². The van der Waals surface area contributed by atoms with Crippen LogP contribution in [0, 0.1) is 11.6 Å². The first-order valence-corrected chi connectivity index (χ1v) is 6.82.